The first-order valence-electron chi connectivity index (χ1n) is 24.4. The predicted octanol–water partition coefficient (Wildman–Crippen LogP) is 14.4. The average molecular weight is 938 g/mol. The van der Waals surface area contributed by atoms with Crippen LogP contribution < -0.4 is 20.7 Å². The van der Waals surface area contributed by atoms with Crippen molar-refractivity contribution >= 4 is 39.8 Å². The Morgan fingerprint density at radius 2 is 1.12 bits per heavy atom. The van der Waals surface area contributed by atoms with Crippen LogP contribution in [0.5, 0.6) is 5.75 Å². The van der Waals surface area contributed by atoms with E-state index >= 15 is 0 Å². The zero-order valence-electron chi connectivity index (χ0n) is 43.4. The van der Waals surface area contributed by atoms with E-state index in [0.717, 1.165) is 23.9 Å². The topological polar surface area (TPSA) is 46.2 Å². The first kappa shape index (κ1) is 53.1. The second-order valence-corrected chi connectivity index (χ2v) is 35.6. The monoisotopic (exact) mass is 938 g/mol. The summed E-state index contributed by atoms with van der Waals surface area (Å²) in [6, 6.07) is 42.1. The largest absolute Gasteiger partial charge is 0.497 e. The number of allylic oxidation sites excluding steroid dienone is 1. The van der Waals surface area contributed by atoms with Crippen molar-refractivity contribution in [1.82, 2.24) is 0 Å². The summed E-state index contributed by atoms with van der Waals surface area (Å²) in [5.74, 6) is 1.90. The molecule has 5 rings (SSSR count). The Morgan fingerprint density at radius 3 is 1.55 bits per heavy atom. The third-order valence-corrected chi connectivity index (χ3v) is 28.8. The maximum atomic E-state index is 7.68. The molecule has 1 saturated heterocycles. The Hall–Kier alpha value is -2.88. The molecule has 4 aromatic carbocycles. The van der Waals surface area contributed by atoms with E-state index in [4.69, 9.17) is 23.1 Å². The van der Waals surface area contributed by atoms with Crippen LogP contribution in [-0.4, -0.2) is 54.8 Å². The quantitative estimate of drug-likeness (QED) is 0.0532. The highest BCUT2D eigenvalue weighted by Crippen LogP contribution is 2.58. The lowest BCUT2D eigenvalue weighted by molar-refractivity contribution is -0.256. The number of ether oxygens (including phenoxy) is 3. The average Bonchev–Trinajstić information content (AvgIpc) is 3.26. The van der Waals surface area contributed by atoms with Gasteiger partial charge in [-0.1, -0.05) is 155 Å². The number of benzene rings is 4. The van der Waals surface area contributed by atoms with Crippen LogP contribution in [0.15, 0.2) is 127 Å². The molecular weight excluding hydrogens is 852 g/mol. The molecule has 65 heavy (non-hydrogen) atoms. The van der Waals surface area contributed by atoms with E-state index in [1.165, 1.54) is 21.5 Å². The lowest BCUT2D eigenvalue weighted by Crippen LogP contribution is -2.51. The van der Waals surface area contributed by atoms with Crippen molar-refractivity contribution in [1.29, 1.82) is 0 Å². The van der Waals surface area contributed by atoms with Crippen molar-refractivity contribution in [2.24, 2.45) is 29.6 Å². The summed E-state index contributed by atoms with van der Waals surface area (Å²) in [5, 5.41) is 4.40. The first-order chi connectivity index (χ1) is 30.4. The molecule has 9 atom stereocenters. The molecule has 0 amide bonds. The molecule has 0 N–H and O–H groups in total. The van der Waals surface area contributed by atoms with Crippen LogP contribution in [0.2, 0.25) is 36.3 Å². The lowest BCUT2D eigenvalue weighted by atomic mass is 9.81. The van der Waals surface area contributed by atoms with Crippen LogP contribution in [0.1, 0.15) is 101 Å². The van der Waals surface area contributed by atoms with Crippen LogP contribution in [0.4, 0.5) is 0 Å². The molecule has 1 aliphatic heterocycles. The molecule has 0 aliphatic carbocycles. The minimum Gasteiger partial charge on any atom is -0.497 e. The molecule has 8 heteroatoms. The van der Waals surface area contributed by atoms with Crippen LogP contribution >= 0.6 is 7.26 Å². The van der Waals surface area contributed by atoms with Gasteiger partial charge >= 0.3 is 0 Å². The van der Waals surface area contributed by atoms with Gasteiger partial charge in [0.15, 0.2) is 22.9 Å². The molecule has 1 aliphatic rings. The van der Waals surface area contributed by atoms with Crippen molar-refractivity contribution in [3.63, 3.8) is 0 Å². The van der Waals surface area contributed by atoms with E-state index in [0.29, 0.717) is 6.61 Å². The van der Waals surface area contributed by atoms with Gasteiger partial charge in [-0.15, -0.1) is 0 Å². The highest BCUT2D eigenvalue weighted by atomic mass is 31.2. The van der Waals surface area contributed by atoms with Gasteiger partial charge in [0.05, 0.1) is 38.2 Å². The van der Waals surface area contributed by atoms with E-state index in [1.54, 1.807) is 7.11 Å². The number of hydrogen-bond acceptors (Lipinski definition) is 5. The van der Waals surface area contributed by atoms with Crippen LogP contribution in [0, 0.1) is 29.6 Å². The standard InChI is InChI=1S/C57H86O5PSi2/c1-41(38-43(3)54(62-65(16,17)57(10,11)12)46(6)53-44(4)39-59-55(60-53)47-33-35-48(58-13)36-34-47)37-42(2)52(61-64(14,15)56(7,8)9)45(5)40-63(49-27-21-18-22-28-49,50-29-23-19-24-30-50)51-31-25-20-26-32-51/h18-37,42-46,52-55H,38-40H2,1-17H3/q+1/b41-37-/t42-,43-,44-,45-,46+,52+,53-,54+,55-/m1/s1. The van der Waals surface area contributed by atoms with E-state index < -0.39 is 30.2 Å². The van der Waals surface area contributed by atoms with E-state index in [2.05, 4.69) is 218 Å². The van der Waals surface area contributed by atoms with Gasteiger partial charge in [-0.05, 0) is 110 Å². The fourth-order valence-electron chi connectivity index (χ4n) is 9.51. The second-order valence-electron chi connectivity index (χ2n) is 22.6. The summed E-state index contributed by atoms with van der Waals surface area (Å²) < 4.78 is 33.9. The smallest absolute Gasteiger partial charge is 0.192 e. The molecule has 0 bridgehead atoms. The summed E-state index contributed by atoms with van der Waals surface area (Å²) in [5.41, 5.74) is 2.40. The van der Waals surface area contributed by atoms with Gasteiger partial charge in [0.1, 0.15) is 28.9 Å². The first-order valence-corrected chi connectivity index (χ1v) is 32.2. The predicted molar refractivity (Wildman–Crippen MR) is 285 cm³/mol. The van der Waals surface area contributed by atoms with Crippen LogP contribution in [-0.2, 0) is 18.3 Å². The molecule has 0 radical (unpaired) electrons. The highest BCUT2D eigenvalue weighted by molar-refractivity contribution is 7.95. The fourth-order valence-corrected chi connectivity index (χ4v) is 17.1. The van der Waals surface area contributed by atoms with Gasteiger partial charge in [-0.2, -0.15) is 0 Å². The second kappa shape index (κ2) is 22.0. The number of hydrogen-bond donors (Lipinski definition) is 0. The van der Waals surface area contributed by atoms with Crippen LogP contribution in [0.3, 0.4) is 0 Å². The molecule has 356 valence electrons. The Morgan fingerprint density at radius 1 is 0.677 bits per heavy atom. The zero-order valence-corrected chi connectivity index (χ0v) is 46.2. The Balaban J connectivity index is 1.50. The van der Waals surface area contributed by atoms with Gasteiger partial charge in [0.2, 0.25) is 0 Å². The maximum absolute atomic E-state index is 7.68. The molecule has 4 aromatic rings. The lowest BCUT2D eigenvalue weighted by Gasteiger charge is -2.47. The SMILES string of the molecule is COc1ccc([C@@H]2OC[C@@H](C)[C@H]([C@H](C)[C@@H](O[Si](C)(C)C(C)(C)C)[C@H](C)C/C(C)=C\[C@@H](C)[C@H](O[Si](C)(C)C(C)(C)C)[C@H](C)C[P+](c3ccccc3)(c3ccccc3)c3ccccc3)O2)cc1. The Bertz CT molecular complexity index is 1980. The maximum Gasteiger partial charge on any atom is 0.192 e. The third kappa shape index (κ3) is 12.8. The Kier molecular flexibility index (Phi) is 18.0. The highest BCUT2D eigenvalue weighted by Gasteiger charge is 2.50. The molecule has 0 aromatic heterocycles. The molecule has 0 unspecified atom stereocenters. The van der Waals surface area contributed by atoms with Gasteiger partial charge in [-0.3, -0.25) is 0 Å². The summed E-state index contributed by atoms with van der Waals surface area (Å²) in [6.07, 6.45) is 4.08. The molecule has 1 fully saturated rings. The van der Waals surface area contributed by atoms with Crippen molar-refractivity contribution in [2.75, 3.05) is 19.9 Å². The minimum absolute atomic E-state index is 0.00264. The van der Waals surface area contributed by atoms with Crippen molar-refractivity contribution in [3.05, 3.63) is 132 Å². The number of rotatable bonds is 19. The van der Waals surface area contributed by atoms with E-state index in [9.17, 15) is 0 Å². The summed E-state index contributed by atoms with van der Waals surface area (Å²) in [4.78, 5) is 0. The summed E-state index contributed by atoms with van der Waals surface area (Å²) >= 11 is 0. The fraction of sp³-hybridized carbons (Fsp3) is 0.544. The van der Waals surface area contributed by atoms with Gasteiger partial charge < -0.3 is 23.1 Å². The van der Waals surface area contributed by atoms with Crippen molar-refractivity contribution in [3.8, 4) is 5.75 Å². The van der Waals surface area contributed by atoms with Crippen LogP contribution in [0.25, 0.3) is 0 Å². The molecule has 0 spiro atoms. The molecule has 5 nitrogen and oxygen atoms in total. The normalized spacial score (nSPS) is 20.9. The summed E-state index contributed by atoms with van der Waals surface area (Å²) in [6.45, 7) is 38.7. The van der Waals surface area contributed by atoms with Gasteiger partial charge in [-0.25, -0.2) is 0 Å². The zero-order chi connectivity index (χ0) is 48.0. The van der Waals surface area contributed by atoms with Gasteiger partial charge in [0, 0.05) is 23.3 Å². The Labute approximate surface area is 399 Å². The van der Waals surface area contributed by atoms with E-state index in [-0.39, 0.29) is 58.0 Å². The minimum atomic E-state index is -2.19. The van der Waals surface area contributed by atoms with Crippen molar-refractivity contribution < 1.29 is 23.1 Å². The molecule has 1 heterocycles. The van der Waals surface area contributed by atoms with E-state index in [1.807, 2.05) is 12.1 Å². The molecular formula is C57H86O5PSi2+. The summed E-state index contributed by atoms with van der Waals surface area (Å²) in [7, 11) is -4.76. The third-order valence-electron chi connectivity index (χ3n) is 15.2. The van der Waals surface area contributed by atoms with Gasteiger partial charge in [0.25, 0.3) is 0 Å². The number of methoxy groups -OCH3 is 1. The van der Waals surface area contributed by atoms with Crippen molar-refractivity contribution in [2.45, 2.75) is 150 Å². The molecule has 0 saturated carbocycles.